The molecule has 6 heteroatoms. The van der Waals surface area contributed by atoms with E-state index in [2.05, 4.69) is 14.7 Å². The Morgan fingerprint density at radius 1 is 1.33 bits per heavy atom. The summed E-state index contributed by atoms with van der Waals surface area (Å²) in [5.74, 6) is -0.0540. The second-order valence-corrected chi connectivity index (χ2v) is 4.46. The minimum atomic E-state index is -0.502. The summed E-state index contributed by atoms with van der Waals surface area (Å²) in [4.78, 5) is 18.6. The minimum absolute atomic E-state index is 0.225. The summed E-state index contributed by atoms with van der Waals surface area (Å²) in [7, 11) is 1.30. The van der Waals surface area contributed by atoms with Crippen molar-refractivity contribution in [1.82, 2.24) is 9.97 Å². The summed E-state index contributed by atoms with van der Waals surface area (Å²) in [6, 6.07) is 5.15. The first kappa shape index (κ1) is 12.9. The van der Waals surface area contributed by atoms with Gasteiger partial charge in [-0.3, -0.25) is 0 Å². The summed E-state index contributed by atoms with van der Waals surface area (Å²) < 4.78 is 4.64. The summed E-state index contributed by atoms with van der Waals surface area (Å²) in [6.07, 6.45) is 0. The van der Waals surface area contributed by atoms with Crippen LogP contribution in [0.2, 0.25) is 10.0 Å². The fourth-order valence-electron chi connectivity index (χ4n) is 1.60. The van der Waals surface area contributed by atoms with Gasteiger partial charge in [-0.2, -0.15) is 0 Å². The van der Waals surface area contributed by atoms with Crippen LogP contribution >= 0.6 is 23.2 Å². The van der Waals surface area contributed by atoms with Crippen LogP contribution in [0.3, 0.4) is 0 Å². The largest absolute Gasteiger partial charge is 0.464 e. The number of H-pyrrole nitrogens is 1. The first-order valence-corrected chi connectivity index (χ1v) is 5.89. The minimum Gasteiger partial charge on any atom is -0.464 e. The van der Waals surface area contributed by atoms with Crippen molar-refractivity contribution in [3.05, 3.63) is 39.6 Å². The van der Waals surface area contributed by atoms with Crippen molar-refractivity contribution < 1.29 is 9.53 Å². The van der Waals surface area contributed by atoms with E-state index < -0.39 is 5.97 Å². The Morgan fingerprint density at radius 2 is 1.94 bits per heavy atom. The van der Waals surface area contributed by atoms with Crippen LogP contribution in [0.15, 0.2) is 18.2 Å². The number of hydrogen-bond acceptors (Lipinski definition) is 3. The van der Waals surface area contributed by atoms with Crippen molar-refractivity contribution in [2.75, 3.05) is 7.11 Å². The Hall–Kier alpha value is -1.52. The number of benzene rings is 1. The van der Waals surface area contributed by atoms with Crippen LogP contribution in [0.1, 0.15) is 16.2 Å². The summed E-state index contributed by atoms with van der Waals surface area (Å²) in [5, 5.41) is 0.931. The second-order valence-electron chi connectivity index (χ2n) is 3.65. The molecule has 0 saturated carbocycles. The molecule has 94 valence electrons. The SMILES string of the molecule is COC(=O)c1nc(-c2c(Cl)cccc2Cl)[nH]c1C. The Balaban J connectivity index is 2.56. The number of aryl methyl sites for hydroxylation is 1. The third-order valence-electron chi connectivity index (χ3n) is 2.46. The Kier molecular flexibility index (Phi) is 3.59. The van der Waals surface area contributed by atoms with Gasteiger partial charge in [-0.15, -0.1) is 0 Å². The molecule has 1 N–H and O–H groups in total. The van der Waals surface area contributed by atoms with Gasteiger partial charge < -0.3 is 9.72 Å². The van der Waals surface area contributed by atoms with Gasteiger partial charge in [0.2, 0.25) is 0 Å². The maximum absolute atomic E-state index is 11.5. The van der Waals surface area contributed by atoms with Crippen LogP contribution < -0.4 is 0 Å². The quantitative estimate of drug-likeness (QED) is 0.859. The lowest BCUT2D eigenvalue weighted by atomic mass is 10.2. The van der Waals surface area contributed by atoms with E-state index in [4.69, 9.17) is 23.2 Å². The number of ether oxygens (including phenoxy) is 1. The molecular weight excluding hydrogens is 275 g/mol. The fourth-order valence-corrected chi connectivity index (χ4v) is 2.17. The predicted molar refractivity (Wildman–Crippen MR) is 70.1 cm³/mol. The monoisotopic (exact) mass is 284 g/mol. The highest BCUT2D eigenvalue weighted by Gasteiger charge is 2.18. The lowest BCUT2D eigenvalue weighted by Crippen LogP contribution is -2.03. The molecule has 1 aromatic heterocycles. The number of methoxy groups -OCH3 is 1. The van der Waals surface area contributed by atoms with Crippen LogP contribution in [-0.4, -0.2) is 23.0 Å². The predicted octanol–water partition coefficient (Wildman–Crippen LogP) is 3.48. The molecule has 0 aliphatic carbocycles. The van der Waals surface area contributed by atoms with Gasteiger partial charge in [-0.1, -0.05) is 29.3 Å². The van der Waals surface area contributed by atoms with Crippen molar-refractivity contribution in [2.24, 2.45) is 0 Å². The maximum Gasteiger partial charge on any atom is 0.358 e. The van der Waals surface area contributed by atoms with Crippen LogP contribution in [-0.2, 0) is 4.74 Å². The van der Waals surface area contributed by atoms with Crippen molar-refractivity contribution in [3.8, 4) is 11.4 Å². The number of carbonyl (C=O) groups excluding carboxylic acids is 1. The summed E-state index contributed by atoms with van der Waals surface area (Å²) in [6.45, 7) is 1.73. The molecule has 0 aliphatic rings. The molecule has 0 atom stereocenters. The van der Waals surface area contributed by atoms with E-state index in [9.17, 15) is 4.79 Å². The number of hydrogen-bond donors (Lipinski definition) is 1. The van der Waals surface area contributed by atoms with E-state index in [0.29, 0.717) is 27.1 Å². The lowest BCUT2D eigenvalue weighted by molar-refractivity contribution is 0.0594. The number of nitrogens with zero attached hydrogens (tertiary/aromatic N) is 1. The fraction of sp³-hybridized carbons (Fsp3) is 0.167. The molecule has 0 bridgehead atoms. The highest BCUT2D eigenvalue weighted by molar-refractivity contribution is 6.39. The molecule has 18 heavy (non-hydrogen) atoms. The van der Waals surface area contributed by atoms with Crippen LogP contribution in [0.25, 0.3) is 11.4 Å². The van der Waals surface area contributed by atoms with Crippen LogP contribution in [0.4, 0.5) is 0 Å². The number of esters is 1. The number of nitrogens with one attached hydrogen (secondary N) is 1. The van der Waals surface area contributed by atoms with Crippen LogP contribution in [0.5, 0.6) is 0 Å². The van der Waals surface area contributed by atoms with E-state index in [0.717, 1.165) is 0 Å². The van der Waals surface area contributed by atoms with Crippen molar-refractivity contribution in [2.45, 2.75) is 6.92 Å². The third-order valence-corrected chi connectivity index (χ3v) is 3.09. The van der Waals surface area contributed by atoms with E-state index in [1.54, 1.807) is 25.1 Å². The zero-order valence-corrected chi connectivity index (χ0v) is 11.3. The Bertz CT molecular complexity index is 588. The van der Waals surface area contributed by atoms with Gasteiger partial charge in [0, 0.05) is 5.69 Å². The van der Waals surface area contributed by atoms with Gasteiger partial charge in [-0.25, -0.2) is 9.78 Å². The van der Waals surface area contributed by atoms with Gasteiger partial charge >= 0.3 is 5.97 Å². The van der Waals surface area contributed by atoms with Crippen molar-refractivity contribution in [3.63, 3.8) is 0 Å². The molecule has 0 fully saturated rings. The van der Waals surface area contributed by atoms with E-state index >= 15 is 0 Å². The van der Waals surface area contributed by atoms with Gasteiger partial charge in [0.05, 0.1) is 22.7 Å². The van der Waals surface area contributed by atoms with Crippen LogP contribution in [0, 0.1) is 6.92 Å². The number of rotatable bonds is 2. The number of aromatic nitrogens is 2. The standard InChI is InChI=1S/C12H10Cl2N2O2/c1-6-10(12(17)18-2)16-11(15-6)9-7(13)4-3-5-8(9)14/h3-5H,1-2H3,(H,15,16). The van der Waals surface area contributed by atoms with E-state index in [1.807, 2.05) is 0 Å². The molecule has 0 radical (unpaired) electrons. The molecule has 2 rings (SSSR count). The van der Waals surface area contributed by atoms with E-state index in [1.165, 1.54) is 7.11 Å². The molecular formula is C12H10Cl2N2O2. The Morgan fingerprint density at radius 3 is 2.50 bits per heavy atom. The zero-order valence-electron chi connectivity index (χ0n) is 9.75. The topological polar surface area (TPSA) is 55.0 Å². The smallest absolute Gasteiger partial charge is 0.358 e. The molecule has 0 spiro atoms. The second kappa shape index (κ2) is 5.00. The van der Waals surface area contributed by atoms with Gasteiger partial charge in [0.15, 0.2) is 5.69 Å². The zero-order chi connectivity index (χ0) is 13.3. The van der Waals surface area contributed by atoms with Crippen molar-refractivity contribution >= 4 is 29.2 Å². The molecule has 1 heterocycles. The molecule has 0 unspecified atom stereocenters. The summed E-state index contributed by atoms with van der Waals surface area (Å²) in [5.41, 5.74) is 1.40. The van der Waals surface area contributed by atoms with Gasteiger partial charge in [0.25, 0.3) is 0 Å². The highest BCUT2D eigenvalue weighted by atomic mass is 35.5. The molecule has 0 aliphatic heterocycles. The Labute approximate surface area is 114 Å². The molecule has 2 aromatic rings. The number of imidazole rings is 1. The average Bonchev–Trinajstić information content (AvgIpc) is 2.70. The molecule has 1 aromatic carbocycles. The number of carbonyl (C=O) groups is 1. The first-order chi connectivity index (χ1) is 8.54. The highest BCUT2D eigenvalue weighted by Crippen LogP contribution is 2.33. The lowest BCUT2D eigenvalue weighted by Gasteiger charge is -2.02. The average molecular weight is 285 g/mol. The third kappa shape index (κ3) is 2.21. The van der Waals surface area contributed by atoms with Crippen molar-refractivity contribution in [1.29, 1.82) is 0 Å². The number of aromatic amines is 1. The maximum atomic E-state index is 11.5. The molecule has 0 amide bonds. The molecule has 0 saturated heterocycles. The normalized spacial score (nSPS) is 10.4. The van der Waals surface area contributed by atoms with Gasteiger partial charge in [-0.05, 0) is 19.1 Å². The molecule has 4 nitrogen and oxygen atoms in total. The number of halogens is 2. The van der Waals surface area contributed by atoms with E-state index in [-0.39, 0.29) is 5.69 Å². The van der Waals surface area contributed by atoms with Gasteiger partial charge in [0.1, 0.15) is 5.82 Å². The summed E-state index contributed by atoms with van der Waals surface area (Å²) >= 11 is 12.2. The first-order valence-electron chi connectivity index (χ1n) is 5.14.